The van der Waals surface area contributed by atoms with E-state index < -0.39 is 48.0 Å². The number of carbonyl (C=O) groups excluding carboxylic acids is 1. The topological polar surface area (TPSA) is 59.9 Å². The van der Waals surface area contributed by atoms with Gasteiger partial charge in [-0.25, -0.2) is 8.78 Å². The van der Waals surface area contributed by atoms with E-state index in [2.05, 4.69) is 19.8 Å². The van der Waals surface area contributed by atoms with Crippen molar-refractivity contribution >= 4 is 17.3 Å². The molecule has 5 nitrogen and oxygen atoms in total. The number of anilines is 1. The molecule has 44 heavy (non-hydrogen) atoms. The van der Waals surface area contributed by atoms with Crippen molar-refractivity contribution in [2.75, 3.05) is 5.32 Å². The zero-order chi connectivity index (χ0) is 31.6. The van der Waals surface area contributed by atoms with Gasteiger partial charge in [-0.05, 0) is 65.2 Å². The summed E-state index contributed by atoms with van der Waals surface area (Å²) in [6.07, 6.45) is -9.87. The molecule has 4 aromatic rings. The fourth-order valence-corrected chi connectivity index (χ4v) is 4.81. The van der Waals surface area contributed by atoms with E-state index in [9.17, 15) is 39.9 Å². The smallest absolute Gasteiger partial charge is 0.406 e. The van der Waals surface area contributed by atoms with E-state index in [1.165, 1.54) is 30.3 Å². The average Bonchev–Trinajstić information content (AvgIpc) is 3.38. The number of halogens is 8. The Morgan fingerprint density at radius 2 is 1.18 bits per heavy atom. The number of ether oxygens (including phenoxy) is 2. The molecule has 0 saturated heterocycles. The zero-order valence-corrected chi connectivity index (χ0v) is 22.2. The Bertz CT molecular complexity index is 1650. The number of hydrogen-bond donors (Lipinski definition) is 1. The second kappa shape index (κ2) is 12.0. The zero-order valence-electron chi connectivity index (χ0n) is 22.2. The minimum Gasteiger partial charge on any atom is -0.406 e. The van der Waals surface area contributed by atoms with Gasteiger partial charge in [0.15, 0.2) is 0 Å². The molecule has 1 amide bonds. The van der Waals surface area contributed by atoms with Crippen LogP contribution in [0.3, 0.4) is 0 Å². The lowest BCUT2D eigenvalue weighted by Crippen LogP contribution is -2.26. The average molecular weight is 620 g/mol. The summed E-state index contributed by atoms with van der Waals surface area (Å²) in [4.78, 5) is 17.9. The van der Waals surface area contributed by atoms with Gasteiger partial charge in [0, 0.05) is 17.8 Å². The van der Waals surface area contributed by atoms with Crippen LogP contribution >= 0.6 is 0 Å². The van der Waals surface area contributed by atoms with E-state index in [4.69, 9.17) is 0 Å². The van der Waals surface area contributed by atoms with Gasteiger partial charge in [-0.15, -0.1) is 26.3 Å². The van der Waals surface area contributed by atoms with E-state index in [1.807, 2.05) is 0 Å². The first-order valence-electron chi connectivity index (χ1n) is 12.9. The molecule has 1 unspecified atom stereocenters. The second-order valence-electron chi connectivity index (χ2n) is 9.68. The van der Waals surface area contributed by atoms with Crippen LogP contribution in [0.1, 0.15) is 23.6 Å². The maximum atomic E-state index is 14.6. The number of nitrogens with zero attached hydrogens (tertiary/aromatic N) is 1. The third kappa shape index (κ3) is 7.33. The molecule has 1 heterocycles. The molecule has 2 atom stereocenters. The fraction of sp³-hybridized carbons (Fsp3) is 0.161. The summed E-state index contributed by atoms with van der Waals surface area (Å²) in [5.74, 6) is -4.16. The van der Waals surface area contributed by atoms with Crippen molar-refractivity contribution in [3.63, 3.8) is 0 Å². The molecule has 5 rings (SSSR count). The molecule has 228 valence electrons. The van der Waals surface area contributed by atoms with Gasteiger partial charge >= 0.3 is 12.7 Å². The second-order valence-corrected chi connectivity index (χ2v) is 9.68. The van der Waals surface area contributed by atoms with Crippen molar-refractivity contribution in [2.24, 2.45) is 10.9 Å². The first kappa shape index (κ1) is 30.5. The lowest BCUT2D eigenvalue weighted by atomic mass is 9.89. The van der Waals surface area contributed by atoms with Crippen molar-refractivity contribution in [3.8, 4) is 22.6 Å². The third-order valence-electron chi connectivity index (χ3n) is 6.71. The highest BCUT2D eigenvalue weighted by molar-refractivity contribution is 6.07. The van der Waals surface area contributed by atoms with Gasteiger partial charge in [0.25, 0.3) is 0 Å². The predicted octanol–water partition coefficient (Wildman–Crippen LogP) is 8.62. The molecule has 0 fully saturated rings. The Kier molecular flexibility index (Phi) is 8.31. The molecule has 1 aliphatic rings. The molecule has 0 saturated carbocycles. The van der Waals surface area contributed by atoms with Gasteiger partial charge in [-0.1, -0.05) is 42.5 Å². The lowest BCUT2D eigenvalue weighted by molar-refractivity contribution is -0.275. The molecule has 0 spiro atoms. The molecular formula is C31H20F8N2O3. The Morgan fingerprint density at radius 1 is 0.705 bits per heavy atom. The monoisotopic (exact) mass is 620 g/mol. The van der Waals surface area contributed by atoms with Crippen LogP contribution in [0, 0.1) is 17.6 Å². The molecule has 0 bridgehead atoms. The number of alkyl halides is 6. The van der Waals surface area contributed by atoms with E-state index in [0.29, 0.717) is 16.7 Å². The van der Waals surface area contributed by atoms with E-state index in [0.717, 1.165) is 36.4 Å². The number of rotatable bonds is 7. The van der Waals surface area contributed by atoms with Gasteiger partial charge in [-0.2, -0.15) is 0 Å². The predicted molar refractivity (Wildman–Crippen MR) is 144 cm³/mol. The molecule has 13 heteroatoms. The van der Waals surface area contributed by atoms with Crippen LogP contribution in [-0.4, -0.2) is 24.3 Å². The van der Waals surface area contributed by atoms with E-state index in [-0.39, 0.29) is 29.1 Å². The quantitative estimate of drug-likeness (QED) is 0.211. The first-order valence-corrected chi connectivity index (χ1v) is 12.9. The highest BCUT2D eigenvalue weighted by Gasteiger charge is 2.38. The summed E-state index contributed by atoms with van der Waals surface area (Å²) < 4.78 is 112. The van der Waals surface area contributed by atoms with Crippen LogP contribution in [-0.2, 0) is 4.79 Å². The van der Waals surface area contributed by atoms with Crippen molar-refractivity contribution in [2.45, 2.75) is 25.2 Å². The standard InChI is InChI=1S/C31H20F8N2O3/c32-24-2-1-3-25(33)27(24)26-16-23(29(42)40-20-10-14-22(15-11-20)44-31(37,38)39)28(41-26)19-6-4-17(5-7-19)18-8-12-21(13-9-18)43-30(34,35)36/h1-15,23,28H,16H2,(H,40,42)/t23-,28?/m0/s1. The molecule has 0 radical (unpaired) electrons. The lowest BCUT2D eigenvalue weighted by Gasteiger charge is -2.19. The molecule has 0 aliphatic carbocycles. The largest absolute Gasteiger partial charge is 0.573 e. The summed E-state index contributed by atoms with van der Waals surface area (Å²) in [7, 11) is 0. The van der Waals surface area contributed by atoms with Crippen LogP contribution in [0.2, 0.25) is 0 Å². The molecule has 0 aromatic heterocycles. The minimum absolute atomic E-state index is 0.0176. The van der Waals surface area contributed by atoms with Crippen molar-refractivity contribution in [1.29, 1.82) is 0 Å². The molecule has 4 aromatic carbocycles. The maximum Gasteiger partial charge on any atom is 0.573 e. The van der Waals surface area contributed by atoms with Crippen molar-refractivity contribution < 1.29 is 49.4 Å². The number of nitrogens with one attached hydrogen (secondary N) is 1. The highest BCUT2D eigenvalue weighted by atomic mass is 19.4. The van der Waals surface area contributed by atoms with Crippen molar-refractivity contribution in [3.05, 3.63) is 114 Å². The van der Waals surface area contributed by atoms with Crippen LogP contribution in [0.5, 0.6) is 11.5 Å². The summed E-state index contributed by atoms with van der Waals surface area (Å²) >= 11 is 0. The van der Waals surface area contributed by atoms with Gasteiger partial charge in [0.1, 0.15) is 23.1 Å². The third-order valence-corrected chi connectivity index (χ3v) is 6.71. The van der Waals surface area contributed by atoms with Gasteiger partial charge in [0.05, 0.1) is 17.5 Å². The minimum atomic E-state index is -4.89. The first-order chi connectivity index (χ1) is 20.8. The number of amides is 1. The molecular weight excluding hydrogens is 600 g/mol. The Morgan fingerprint density at radius 3 is 1.68 bits per heavy atom. The van der Waals surface area contributed by atoms with E-state index in [1.54, 1.807) is 24.3 Å². The van der Waals surface area contributed by atoms with E-state index >= 15 is 0 Å². The summed E-state index contributed by atoms with van der Waals surface area (Å²) in [6.45, 7) is 0. The van der Waals surface area contributed by atoms with Gasteiger partial charge in [0.2, 0.25) is 5.91 Å². The van der Waals surface area contributed by atoms with Crippen LogP contribution in [0.4, 0.5) is 40.8 Å². The SMILES string of the molecule is O=C(Nc1ccc(OC(F)(F)F)cc1)[C@H]1CC(c2c(F)cccc2F)=NC1c1ccc(-c2ccc(OC(F)(F)F)cc2)cc1. The van der Waals surface area contributed by atoms with Crippen LogP contribution in [0.15, 0.2) is 96.0 Å². The summed E-state index contributed by atoms with van der Waals surface area (Å²) in [6, 6.07) is 18.6. The molecule has 1 N–H and O–H groups in total. The number of carbonyl (C=O) groups is 1. The van der Waals surface area contributed by atoms with Gasteiger partial charge < -0.3 is 14.8 Å². The fourth-order valence-electron chi connectivity index (χ4n) is 4.81. The number of aliphatic imine (C=N–C) groups is 1. The highest BCUT2D eigenvalue weighted by Crippen LogP contribution is 2.39. The number of hydrogen-bond acceptors (Lipinski definition) is 4. The Labute approximate surface area is 244 Å². The van der Waals surface area contributed by atoms with Crippen LogP contribution < -0.4 is 14.8 Å². The summed E-state index contributed by atoms with van der Waals surface area (Å²) in [5, 5.41) is 2.61. The maximum absolute atomic E-state index is 14.6. The van der Waals surface area contributed by atoms with Crippen molar-refractivity contribution in [1.82, 2.24) is 0 Å². The normalized spacial score (nSPS) is 16.8. The van der Waals surface area contributed by atoms with Crippen LogP contribution in [0.25, 0.3) is 11.1 Å². The Balaban J connectivity index is 1.40. The summed E-state index contributed by atoms with van der Waals surface area (Å²) in [5.41, 5.74) is 1.50. The van der Waals surface area contributed by atoms with Gasteiger partial charge in [-0.3, -0.25) is 9.79 Å². The Hall–Kier alpha value is -4.94. The molecule has 1 aliphatic heterocycles. The number of benzene rings is 4.